The molecule has 0 aliphatic heterocycles. The van der Waals surface area contributed by atoms with Crippen LogP contribution >= 0.6 is 0 Å². The Balaban J connectivity index is 2.33. The molecule has 0 radical (unpaired) electrons. The van der Waals surface area contributed by atoms with E-state index in [-0.39, 0.29) is 5.56 Å². The number of ether oxygens (including phenoxy) is 2. The average Bonchev–Trinajstić information content (AvgIpc) is 3.07. The highest BCUT2D eigenvalue weighted by Gasteiger charge is 2.31. The zero-order valence-corrected chi connectivity index (χ0v) is 13.4. The number of carbonyl (C=O) groups excluding carboxylic acids is 1. The van der Waals surface area contributed by atoms with Crippen molar-refractivity contribution in [1.29, 1.82) is 0 Å². The van der Waals surface area contributed by atoms with E-state index >= 15 is 0 Å². The lowest BCUT2D eigenvalue weighted by Crippen LogP contribution is -2.27. The van der Waals surface area contributed by atoms with Crippen molar-refractivity contribution in [2.24, 2.45) is 0 Å². The van der Waals surface area contributed by atoms with Crippen molar-refractivity contribution in [3.63, 3.8) is 0 Å². The van der Waals surface area contributed by atoms with Crippen LogP contribution in [0.5, 0.6) is 5.75 Å². The molecule has 2 aromatic rings. The molecule has 2 rings (SSSR count). The summed E-state index contributed by atoms with van der Waals surface area (Å²) in [6, 6.07) is 5.98. The van der Waals surface area contributed by atoms with Gasteiger partial charge in [0.1, 0.15) is 18.9 Å². The molecular formula is C16H16F4N2O4. The first-order chi connectivity index (χ1) is 13.0. The lowest BCUT2D eigenvalue weighted by molar-refractivity contribution is -0.154. The summed E-state index contributed by atoms with van der Waals surface area (Å²) < 4.78 is 78.1. The van der Waals surface area contributed by atoms with Crippen molar-refractivity contribution in [1.82, 2.24) is 9.78 Å². The highest BCUT2D eigenvalue weighted by molar-refractivity contribution is 5.75. The van der Waals surface area contributed by atoms with Crippen LogP contribution in [0.1, 0.15) is 20.2 Å². The fourth-order valence-electron chi connectivity index (χ4n) is 2.03. The summed E-state index contributed by atoms with van der Waals surface area (Å²) >= 11 is 0. The van der Waals surface area contributed by atoms with Crippen molar-refractivity contribution < 1.29 is 39.7 Å². The molecule has 0 amide bonds. The standard InChI is InChI=1S/C16H16F4N2O4/c1-25-15(24)14(23)13(17)11-4-2-3-5-12(11)26-8-10-6-7-21-22(10)9-16(18,19)20/h2-7,13-14,23H,8-9H2,1H3/t13-,14+/m0/s1/i8D2. The largest absolute Gasteiger partial charge is 0.487 e. The second-order valence-corrected chi connectivity index (χ2v) is 5.10. The molecule has 0 fully saturated rings. The number of halogens is 4. The number of hydrogen-bond acceptors (Lipinski definition) is 5. The lowest BCUT2D eigenvalue weighted by Gasteiger charge is -2.18. The first-order valence-corrected chi connectivity index (χ1v) is 7.23. The van der Waals surface area contributed by atoms with Crippen LogP contribution in [0.15, 0.2) is 36.5 Å². The van der Waals surface area contributed by atoms with Gasteiger partial charge in [0.15, 0.2) is 12.3 Å². The molecule has 0 aliphatic carbocycles. The van der Waals surface area contributed by atoms with Crippen LogP contribution in [0.3, 0.4) is 0 Å². The number of aliphatic hydroxyl groups excluding tert-OH is 1. The van der Waals surface area contributed by atoms with Gasteiger partial charge in [0, 0.05) is 11.8 Å². The van der Waals surface area contributed by atoms with E-state index in [1.54, 1.807) is 0 Å². The van der Waals surface area contributed by atoms with Gasteiger partial charge in [0.05, 0.1) is 15.5 Å². The Bertz CT molecular complexity index is 829. The molecule has 10 heteroatoms. The maximum absolute atomic E-state index is 14.5. The first kappa shape index (κ1) is 16.8. The van der Waals surface area contributed by atoms with Gasteiger partial charge in [-0.2, -0.15) is 18.3 Å². The van der Waals surface area contributed by atoms with E-state index in [1.165, 1.54) is 12.1 Å². The predicted octanol–water partition coefficient (Wildman–Crippen LogP) is 2.57. The Morgan fingerprint density at radius 3 is 2.73 bits per heavy atom. The Hall–Kier alpha value is -2.62. The summed E-state index contributed by atoms with van der Waals surface area (Å²) in [4.78, 5) is 11.3. The fraction of sp³-hybridized carbons (Fsp3) is 0.375. The summed E-state index contributed by atoms with van der Waals surface area (Å²) in [6.07, 6.45) is -8.20. The van der Waals surface area contributed by atoms with Crippen molar-refractivity contribution in [3.8, 4) is 5.75 Å². The van der Waals surface area contributed by atoms with Gasteiger partial charge in [0.2, 0.25) is 0 Å². The number of esters is 1. The molecule has 1 aromatic heterocycles. The average molecular weight is 378 g/mol. The molecule has 0 saturated carbocycles. The highest BCUT2D eigenvalue weighted by atomic mass is 19.4. The third-order valence-corrected chi connectivity index (χ3v) is 3.25. The summed E-state index contributed by atoms with van der Waals surface area (Å²) in [6.45, 7) is -4.37. The van der Waals surface area contributed by atoms with E-state index in [4.69, 9.17) is 7.48 Å². The summed E-state index contributed by atoms with van der Waals surface area (Å²) in [5.74, 6) is -1.67. The molecule has 0 unspecified atom stereocenters. The highest BCUT2D eigenvalue weighted by Crippen LogP contribution is 2.31. The molecule has 0 aliphatic rings. The Morgan fingerprint density at radius 1 is 1.38 bits per heavy atom. The minimum absolute atomic E-state index is 0.374. The monoisotopic (exact) mass is 378 g/mol. The lowest BCUT2D eigenvalue weighted by atomic mass is 10.0. The predicted molar refractivity (Wildman–Crippen MR) is 80.9 cm³/mol. The maximum Gasteiger partial charge on any atom is 0.408 e. The number of rotatable bonds is 7. The molecule has 1 aromatic carbocycles. The molecule has 6 nitrogen and oxygen atoms in total. The van der Waals surface area contributed by atoms with E-state index < -0.39 is 49.0 Å². The van der Waals surface area contributed by atoms with Crippen molar-refractivity contribution in [2.45, 2.75) is 31.6 Å². The van der Waals surface area contributed by atoms with Crippen LogP contribution in [-0.4, -0.2) is 40.2 Å². The number of benzene rings is 1. The van der Waals surface area contributed by atoms with Gasteiger partial charge < -0.3 is 14.6 Å². The third kappa shape index (κ3) is 4.94. The normalized spacial score (nSPS) is 15.6. The SMILES string of the molecule is [2H]C([2H])(Oc1ccccc1[C@H](F)[C@@H](O)C(=O)OC)c1ccnn1CC(F)(F)F. The number of para-hydroxylation sites is 1. The van der Waals surface area contributed by atoms with Gasteiger partial charge in [-0.15, -0.1) is 0 Å². The molecule has 0 saturated heterocycles. The molecule has 2 atom stereocenters. The van der Waals surface area contributed by atoms with E-state index in [0.717, 1.165) is 31.5 Å². The number of hydrogen-bond donors (Lipinski definition) is 1. The number of nitrogens with zero attached hydrogens (tertiary/aromatic N) is 2. The summed E-state index contributed by atoms with van der Waals surface area (Å²) in [7, 11) is 0.946. The van der Waals surface area contributed by atoms with Crippen molar-refractivity contribution in [3.05, 3.63) is 47.8 Å². The van der Waals surface area contributed by atoms with Gasteiger partial charge in [-0.3, -0.25) is 4.68 Å². The Morgan fingerprint density at radius 2 is 2.08 bits per heavy atom. The van der Waals surface area contributed by atoms with Gasteiger partial charge in [-0.25, -0.2) is 9.18 Å². The summed E-state index contributed by atoms with van der Waals surface area (Å²) in [5.41, 5.74) is -0.935. The number of alkyl halides is 4. The van der Waals surface area contributed by atoms with Crippen LogP contribution < -0.4 is 4.74 Å². The zero-order chi connectivity index (χ0) is 21.1. The minimum Gasteiger partial charge on any atom is -0.487 e. The van der Waals surface area contributed by atoms with E-state index in [0.29, 0.717) is 4.68 Å². The van der Waals surface area contributed by atoms with Crippen LogP contribution in [0, 0.1) is 0 Å². The smallest absolute Gasteiger partial charge is 0.408 e. The molecule has 0 bridgehead atoms. The topological polar surface area (TPSA) is 73.6 Å². The quantitative estimate of drug-likeness (QED) is 0.592. The second kappa shape index (κ2) is 8.17. The maximum atomic E-state index is 14.5. The Labute approximate surface area is 148 Å². The van der Waals surface area contributed by atoms with Gasteiger partial charge >= 0.3 is 12.1 Å². The fourth-order valence-corrected chi connectivity index (χ4v) is 2.03. The van der Waals surface area contributed by atoms with Gasteiger partial charge in [0.25, 0.3) is 0 Å². The zero-order valence-electron chi connectivity index (χ0n) is 15.4. The van der Waals surface area contributed by atoms with Crippen molar-refractivity contribution >= 4 is 5.97 Å². The van der Waals surface area contributed by atoms with E-state index in [2.05, 4.69) is 9.84 Å². The second-order valence-electron chi connectivity index (χ2n) is 5.10. The molecule has 1 heterocycles. The first-order valence-electron chi connectivity index (χ1n) is 8.23. The molecule has 1 N–H and O–H groups in total. The molecule has 142 valence electrons. The Kier molecular flexibility index (Phi) is 5.29. The van der Waals surface area contributed by atoms with Crippen LogP contribution in [0.4, 0.5) is 17.6 Å². The molecule has 26 heavy (non-hydrogen) atoms. The number of carbonyl (C=O) groups is 1. The third-order valence-electron chi connectivity index (χ3n) is 3.25. The minimum atomic E-state index is -4.65. The van der Waals surface area contributed by atoms with Crippen LogP contribution in [0.2, 0.25) is 0 Å². The van der Waals surface area contributed by atoms with Crippen LogP contribution in [0.25, 0.3) is 0 Å². The van der Waals surface area contributed by atoms with Gasteiger partial charge in [-0.1, -0.05) is 18.2 Å². The van der Waals surface area contributed by atoms with Gasteiger partial charge in [-0.05, 0) is 12.1 Å². The summed E-state index contributed by atoms with van der Waals surface area (Å²) in [5, 5.41) is 13.1. The number of aliphatic hydroxyl groups is 1. The molecular weight excluding hydrogens is 360 g/mol. The van der Waals surface area contributed by atoms with E-state index in [9.17, 15) is 27.5 Å². The van der Waals surface area contributed by atoms with Crippen molar-refractivity contribution in [2.75, 3.05) is 7.11 Å². The molecule has 0 spiro atoms. The number of aromatic nitrogens is 2. The number of methoxy groups -OCH3 is 1. The van der Waals surface area contributed by atoms with E-state index in [1.807, 2.05) is 0 Å². The van der Waals surface area contributed by atoms with Crippen LogP contribution in [-0.2, 0) is 22.6 Å².